The molecule has 1 nitrogen and oxygen atoms in total. The highest BCUT2D eigenvalue weighted by atomic mass is 16.1. The first-order chi connectivity index (χ1) is 9.86. The normalized spacial score (nSPS) is 11.8. The van der Waals surface area contributed by atoms with Crippen molar-refractivity contribution in [1.82, 2.24) is 0 Å². The molecule has 0 amide bonds. The van der Waals surface area contributed by atoms with Crippen LogP contribution in [0.15, 0.2) is 54.6 Å². The largest absolute Gasteiger partial charge is 0.289 e. The molecular formula is C20H22O. The lowest BCUT2D eigenvalue weighted by Crippen LogP contribution is -2.10. The quantitative estimate of drug-likeness (QED) is 0.558. The minimum atomic E-state index is 0.0404. The van der Waals surface area contributed by atoms with Crippen LogP contribution < -0.4 is 0 Å². The molecule has 108 valence electrons. The molecule has 0 N–H and O–H groups in total. The maximum absolute atomic E-state index is 12.1. The molecule has 0 saturated carbocycles. The molecule has 0 heterocycles. The molecule has 2 rings (SSSR count). The van der Waals surface area contributed by atoms with Crippen molar-refractivity contribution in [3.05, 3.63) is 76.9 Å². The van der Waals surface area contributed by atoms with E-state index in [4.69, 9.17) is 0 Å². The van der Waals surface area contributed by atoms with Gasteiger partial charge < -0.3 is 0 Å². The summed E-state index contributed by atoms with van der Waals surface area (Å²) >= 11 is 0. The first-order valence-electron chi connectivity index (χ1n) is 7.26. The van der Waals surface area contributed by atoms with E-state index < -0.39 is 0 Å². The van der Waals surface area contributed by atoms with Gasteiger partial charge in [0.25, 0.3) is 0 Å². The Morgan fingerprint density at radius 2 is 1.67 bits per heavy atom. The van der Waals surface area contributed by atoms with Gasteiger partial charge in [0.05, 0.1) is 0 Å². The van der Waals surface area contributed by atoms with Gasteiger partial charge in [0, 0.05) is 5.56 Å². The van der Waals surface area contributed by atoms with E-state index in [0.29, 0.717) is 0 Å². The van der Waals surface area contributed by atoms with Crippen molar-refractivity contribution in [2.45, 2.75) is 33.1 Å². The molecule has 0 fully saturated rings. The summed E-state index contributed by atoms with van der Waals surface area (Å²) in [6.45, 7) is 8.57. The number of rotatable bonds is 3. The van der Waals surface area contributed by atoms with E-state index >= 15 is 0 Å². The predicted octanol–water partition coefficient (Wildman–Crippen LogP) is 5.19. The van der Waals surface area contributed by atoms with Crippen LogP contribution in [-0.4, -0.2) is 5.78 Å². The Morgan fingerprint density at radius 3 is 2.24 bits per heavy atom. The van der Waals surface area contributed by atoms with E-state index in [1.807, 2.05) is 37.3 Å². The molecule has 0 radical (unpaired) electrons. The lowest BCUT2D eigenvalue weighted by atomic mass is 9.87. The highest BCUT2D eigenvalue weighted by molar-refractivity contribution is 6.06. The zero-order valence-electron chi connectivity index (χ0n) is 13.2. The molecule has 21 heavy (non-hydrogen) atoms. The van der Waals surface area contributed by atoms with Crippen LogP contribution in [-0.2, 0) is 5.41 Å². The average molecular weight is 278 g/mol. The number of carbonyl (C=O) groups excluding carboxylic acids is 1. The van der Waals surface area contributed by atoms with Gasteiger partial charge in [0.15, 0.2) is 5.78 Å². The third-order valence-electron chi connectivity index (χ3n) is 3.51. The van der Waals surface area contributed by atoms with Gasteiger partial charge >= 0.3 is 0 Å². The number of aryl methyl sites for hydroxylation is 1. The molecule has 2 aromatic carbocycles. The van der Waals surface area contributed by atoms with Crippen LogP contribution in [0.2, 0.25) is 0 Å². The standard InChI is InChI=1S/C20H22O/c1-15-6-5-7-17(14-15)19(21)13-10-16-8-11-18(12-9-16)20(2,3)4/h5-14H,1-4H3. The Hall–Kier alpha value is -2.15. The van der Waals surface area contributed by atoms with Crippen LogP contribution in [0.3, 0.4) is 0 Å². The zero-order chi connectivity index (χ0) is 15.5. The monoisotopic (exact) mass is 278 g/mol. The number of carbonyl (C=O) groups is 1. The summed E-state index contributed by atoms with van der Waals surface area (Å²) in [5.74, 6) is 0.0404. The molecule has 0 spiro atoms. The smallest absolute Gasteiger partial charge is 0.185 e. The minimum Gasteiger partial charge on any atom is -0.289 e. The van der Waals surface area contributed by atoms with E-state index in [1.54, 1.807) is 6.08 Å². The predicted molar refractivity (Wildman–Crippen MR) is 89.7 cm³/mol. The van der Waals surface area contributed by atoms with Gasteiger partial charge in [-0.25, -0.2) is 0 Å². The number of benzene rings is 2. The summed E-state index contributed by atoms with van der Waals surface area (Å²) in [5, 5.41) is 0. The van der Waals surface area contributed by atoms with Crippen molar-refractivity contribution in [1.29, 1.82) is 0 Å². The highest BCUT2D eigenvalue weighted by Gasteiger charge is 2.12. The zero-order valence-corrected chi connectivity index (χ0v) is 13.2. The Balaban J connectivity index is 2.12. The van der Waals surface area contributed by atoms with Gasteiger partial charge in [-0.15, -0.1) is 0 Å². The fraction of sp³-hybridized carbons (Fsp3) is 0.250. The van der Waals surface area contributed by atoms with Crippen LogP contribution in [0.1, 0.15) is 47.8 Å². The first-order valence-corrected chi connectivity index (χ1v) is 7.26. The Bertz CT molecular complexity index is 655. The van der Waals surface area contributed by atoms with Crippen LogP contribution in [0, 0.1) is 6.92 Å². The number of hydrogen-bond donors (Lipinski definition) is 0. The molecule has 0 aliphatic carbocycles. The summed E-state index contributed by atoms with van der Waals surface area (Å²) in [5.41, 5.74) is 4.33. The second kappa shape index (κ2) is 6.09. The van der Waals surface area contributed by atoms with Gasteiger partial charge in [-0.3, -0.25) is 4.79 Å². The molecule has 1 heteroatoms. The molecule has 0 unspecified atom stereocenters. The number of allylic oxidation sites excluding steroid dienone is 1. The Labute approximate surface area is 127 Å². The van der Waals surface area contributed by atoms with Crippen LogP contribution in [0.5, 0.6) is 0 Å². The third-order valence-corrected chi connectivity index (χ3v) is 3.51. The van der Waals surface area contributed by atoms with Crippen LogP contribution in [0.25, 0.3) is 6.08 Å². The van der Waals surface area contributed by atoms with Crippen LogP contribution >= 0.6 is 0 Å². The van der Waals surface area contributed by atoms with Gasteiger partial charge in [-0.05, 0) is 35.6 Å². The minimum absolute atomic E-state index is 0.0404. The van der Waals surface area contributed by atoms with Crippen molar-refractivity contribution in [3.63, 3.8) is 0 Å². The highest BCUT2D eigenvalue weighted by Crippen LogP contribution is 2.22. The van der Waals surface area contributed by atoms with E-state index in [0.717, 1.165) is 16.7 Å². The maximum Gasteiger partial charge on any atom is 0.185 e. The van der Waals surface area contributed by atoms with E-state index in [1.165, 1.54) is 5.56 Å². The fourth-order valence-corrected chi connectivity index (χ4v) is 2.16. The summed E-state index contributed by atoms with van der Waals surface area (Å²) in [7, 11) is 0. The van der Waals surface area contributed by atoms with Gasteiger partial charge in [0.2, 0.25) is 0 Å². The van der Waals surface area contributed by atoms with Crippen molar-refractivity contribution >= 4 is 11.9 Å². The molecule has 0 aromatic heterocycles. The molecule has 0 bridgehead atoms. The van der Waals surface area contributed by atoms with Gasteiger partial charge in [-0.1, -0.05) is 74.9 Å². The SMILES string of the molecule is Cc1cccc(C(=O)C=Cc2ccc(C(C)(C)C)cc2)c1. The first kappa shape index (κ1) is 15.2. The number of hydrogen-bond acceptors (Lipinski definition) is 1. The summed E-state index contributed by atoms with van der Waals surface area (Å²) in [6.07, 6.45) is 3.51. The second-order valence-corrected chi connectivity index (χ2v) is 6.44. The lowest BCUT2D eigenvalue weighted by Gasteiger charge is -2.18. The van der Waals surface area contributed by atoms with E-state index in [2.05, 4.69) is 45.0 Å². The third kappa shape index (κ3) is 4.16. The maximum atomic E-state index is 12.1. The molecule has 0 saturated heterocycles. The van der Waals surface area contributed by atoms with Crippen molar-refractivity contribution in [2.24, 2.45) is 0 Å². The summed E-state index contributed by atoms with van der Waals surface area (Å²) in [4.78, 5) is 12.1. The van der Waals surface area contributed by atoms with E-state index in [-0.39, 0.29) is 11.2 Å². The lowest BCUT2D eigenvalue weighted by molar-refractivity contribution is 0.104. The molecule has 2 aromatic rings. The summed E-state index contributed by atoms with van der Waals surface area (Å²) < 4.78 is 0. The molecule has 0 aliphatic rings. The van der Waals surface area contributed by atoms with Crippen LogP contribution in [0.4, 0.5) is 0 Å². The van der Waals surface area contributed by atoms with E-state index in [9.17, 15) is 4.79 Å². The molecule has 0 aliphatic heterocycles. The second-order valence-electron chi connectivity index (χ2n) is 6.44. The number of ketones is 1. The Kier molecular flexibility index (Phi) is 4.42. The van der Waals surface area contributed by atoms with Gasteiger partial charge in [0.1, 0.15) is 0 Å². The van der Waals surface area contributed by atoms with Gasteiger partial charge in [-0.2, -0.15) is 0 Å². The summed E-state index contributed by atoms with van der Waals surface area (Å²) in [6, 6.07) is 16.0. The molecule has 0 atom stereocenters. The average Bonchev–Trinajstić information content (AvgIpc) is 2.44. The van der Waals surface area contributed by atoms with Crippen molar-refractivity contribution < 1.29 is 4.79 Å². The molecular weight excluding hydrogens is 256 g/mol. The topological polar surface area (TPSA) is 17.1 Å². The van der Waals surface area contributed by atoms with Crippen molar-refractivity contribution in [3.8, 4) is 0 Å². The van der Waals surface area contributed by atoms with Crippen molar-refractivity contribution in [2.75, 3.05) is 0 Å². The Morgan fingerprint density at radius 1 is 1.00 bits per heavy atom. The fourth-order valence-electron chi connectivity index (χ4n) is 2.16.